The monoisotopic (exact) mass is 597 g/mol. The van der Waals surface area contributed by atoms with Crippen molar-refractivity contribution in [2.75, 3.05) is 78.5 Å². The van der Waals surface area contributed by atoms with Crippen molar-refractivity contribution in [1.82, 2.24) is 29.2 Å². The highest BCUT2D eigenvalue weighted by atomic mass is 16.6. The molecule has 16 heteroatoms. The van der Waals surface area contributed by atoms with Gasteiger partial charge in [0.1, 0.15) is 18.2 Å². The van der Waals surface area contributed by atoms with E-state index in [-0.39, 0.29) is 37.9 Å². The molecule has 0 atom stereocenters. The van der Waals surface area contributed by atoms with Crippen LogP contribution in [0.5, 0.6) is 0 Å². The number of aromatic nitrogens is 2. The summed E-state index contributed by atoms with van der Waals surface area (Å²) >= 11 is 0. The Hall–Kier alpha value is -3.47. The summed E-state index contributed by atoms with van der Waals surface area (Å²) in [4.78, 5) is 68.1. The van der Waals surface area contributed by atoms with Gasteiger partial charge in [-0.1, -0.05) is 24.2 Å². The smallest absolute Gasteiger partial charge is 0.434 e. The predicted molar refractivity (Wildman–Crippen MR) is 150 cm³/mol. The second-order valence-corrected chi connectivity index (χ2v) is 10.5. The van der Waals surface area contributed by atoms with E-state index in [1.54, 1.807) is 20.9 Å². The number of carbonyl (C=O) groups is 4. The third-order valence-corrected chi connectivity index (χ3v) is 7.12. The number of carboxylic acid groups (broad SMARTS) is 3. The molecule has 1 aromatic heterocycles. The highest BCUT2D eigenvalue weighted by Gasteiger charge is 2.21. The molecule has 1 fully saturated rings. The molecule has 0 bridgehead atoms. The van der Waals surface area contributed by atoms with Crippen LogP contribution >= 0.6 is 0 Å². The lowest BCUT2D eigenvalue weighted by Gasteiger charge is -2.32. The molecule has 42 heavy (non-hydrogen) atoms. The van der Waals surface area contributed by atoms with Crippen LogP contribution in [0.1, 0.15) is 38.5 Å². The van der Waals surface area contributed by atoms with Crippen molar-refractivity contribution in [3.8, 4) is 0 Å². The molecule has 2 heterocycles. The normalized spacial score (nSPS) is 16.9. The summed E-state index contributed by atoms with van der Waals surface area (Å²) in [6, 6.07) is 0. The van der Waals surface area contributed by atoms with E-state index in [1.165, 1.54) is 10.8 Å². The summed E-state index contributed by atoms with van der Waals surface area (Å²) in [5, 5.41) is 38.9. The lowest BCUT2D eigenvalue weighted by atomic mass is 10.1. The largest absolute Gasteiger partial charge is 0.480 e. The molecular formula is C26H43N7O9. The number of carbonyl (C=O) groups excluding carboxylic acids is 1. The highest BCUT2D eigenvalue weighted by Crippen LogP contribution is 2.12. The molecule has 1 saturated heterocycles. The van der Waals surface area contributed by atoms with Gasteiger partial charge in [0.05, 0.1) is 32.7 Å². The maximum Gasteiger partial charge on any atom is 0.434 e. The zero-order valence-electron chi connectivity index (χ0n) is 24.0. The number of aryl methyl sites for hydroxylation is 1. The van der Waals surface area contributed by atoms with E-state index >= 15 is 0 Å². The van der Waals surface area contributed by atoms with Gasteiger partial charge in [0.15, 0.2) is 0 Å². The average Bonchev–Trinajstić information content (AvgIpc) is 3.37. The average molecular weight is 598 g/mol. The number of Topliss-reactive ketones (excluding diaryl/α,β-unsaturated/α-hetero) is 1. The minimum Gasteiger partial charge on any atom is -0.480 e. The van der Waals surface area contributed by atoms with Crippen LogP contribution in [0.25, 0.3) is 0 Å². The van der Waals surface area contributed by atoms with E-state index in [0.717, 1.165) is 25.7 Å². The molecule has 0 spiro atoms. The number of hydrogen-bond acceptors (Lipinski definition) is 11. The summed E-state index contributed by atoms with van der Waals surface area (Å²) < 4.78 is 1.52. The standard InChI is InChI=1S/C26H43N7O9/c34-22(6-4-2-1-3-5-8-32-9-7-27-26(32)33(41)42)18-28-10-12-29(19-23(35)36)14-16-31(21-25(39)40)17-15-30(13-11-28)20-24(37)38/h7,9H,1-6,8,10-21H2,(H,35,36)(H,37,38)(H,39,40). The zero-order valence-corrected chi connectivity index (χ0v) is 24.0. The second-order valence-electron chi connectivity index (χ2n) is 10.5. The topological polar surface area (TPSA) is 203 Å². The van der Waals surface area contributed by atoms with Gasteiger partial charge in [0.25, 0.3) is 0 Å². The van der Waals surface area contributed by atoms with E-state index in [2.05, 4.69) is 4.98 Å². The molecule has 1 aliphatic rings. The first-order valence-electron chi connectivity index (χ1n) is 14.3. The molecule has 0 aliphatic carbocycles. The second kappa shape index (κ2) is 18.9. The van der Waals surface area contributed by atoms with Crippen LogP contribution in [0.4, 0.5) is 5.95 Å². The van der Waals surface area contributed by atoms with Crippen LogP contribution in [-0.4, -0.2) is 152 Å². The lowest BCUT2D eigenvalue weighted by molar-refractivity contribution is -0.396. The van der Waals surface area contributed by atoms with Gasteiger partial charge in [-0.2, -0.15) is 0 Å². The molecular weight excluding hydrogens is 554 g/mol. The lowest BCUT2D eigenvalue weighted by Crippen LogP contribution is -2.49. The molecule has 0 aromatic carbocycles. The summed E-state index contributed by atoms with van der Waals surface area (Å²) in [6.45, 7) is 2.91. The maximum atomic E-state index is 12.8. The first-order chi connectivity index (χ1) is 20.0. The van der Waals surface area contributed by atoms with Gasteiger partial charge in [0.2, 0.25) is 0 Å². The van der Waals surface area contributed by atoms with Crippen molar-refractivity contribution in [2.24, 2.45) is 0 Å². The molecule has 0 amide bonds. The summed E-state index contributed by atoms with van der Waals surface area (Å²) in [5.41, 5.74) is 0. The van der Waals surface area contributed by atoms with Crippen LogP contribution < -0.4 is 0 Å². The Bertz CT molecular complexity index is 1000. The molecule has 0 unspecified atom stereocenters. The van der Waals surface area contributed by atoms with E-state index in [1.807, 2.05) is 4.90 Å². The SMILES string of the molecule is O=C(O)CN1CCN(CC(=O)O)CCN(CC(=O)CCCCCCCn2ccnc2[N+](=O)[O-])CCN(CC(=O)O)CC1. The number of nitrogens with zero attached hydrogens (tertiary/aromatic N) is 7. The van der Waals surface area contributed by atoms with Crippen molar-refractivity contribution >= 4 is 29.6 Å². The molecule has 0 saturated carbocycles. The number of nitro groups is 1. The maximum absolute atomic E-state index is 12.8. The zero-order chi connectivity index (χ0) is 30.9. The number of imidazole rings is 1. The number of rotatable bonds is 17. The van der Waals surface area contributed by atoms with Crippen LogP contribution in [-0.2, 0) is 25.7 Å². The van der Waals surface area contributed by atoms with Crippen molar-refractivity contribution < 1.29 is 39.4 Å². The minimum absolute atomic E-state index is 0.0540. The van der Waals surface area contributed by atoms with Crippen molar-refractivity contribution in [2.45, 2.75) is 45.1 Å². The Kier molecular flexibility index (Phi) is 15.6. The van der Waals surface area contributed by atoms with Gasteiger partial charge in [-0.3, -0.25) is 38.8 Å². The molecule has 3 N–H and O–H groups in total. The Morgan fingerprint density at radius 3 is 1.52 bits per heavy atom. The van der Waals surface area contributed by atoms with E-state index in [9.17, 15) is 44.6 Å². The number of ketones is 1. The number of hydrogen-bond donors (Lipinski definition) is 3. The first kappa shape index (κ1) is 34.7. The summed E-state index contributed by atoms with van der Waals surface area (Å²) in [5.74, 6) is -3.11. The third-order valence-electron chi connectivity index (χ3n) is 7.12. The fraction of sp³-hybridized carbons (Fsp3) is 0.731. The van der Waals surface area contributed by atoms with Gasteiger partial charge in [0, 0.05) is 58.8 Å². The quantitative estimate of drug-likeness (QED) is 0.125. The van der Waals surface area contributed by atoms with Crippen molar-refractivity contribution in [1.29, 1.82) is 0 Å². The van der Waals surface area contributed by atoms with Gasteiger partial charge >= 0.3 is 23.9 Å². The van der Waals surface area contributed by atoms with Gasteiger partial charge in [-0.05, 0) is 17.8 Å². The number of aliphatic carboxylic acids is 3. The summed E-state index contributed by atoms with van der Waals surface area (Å²) in [7, 11) is 0. The Morgan fingerprint density at radius 1 is 0.690 bits per heavy atom. The van der Waals surface area contributed by atoms with Crippen LogP contribution in [0.2, 0.25) is 0 Å². The fourth-order valence-corrected chi connectivity index (χ4v) is 4.90. The molecule has 0 radical (unpaired) electrons. The molecule has 16 nitrogen and oxygen atoms in total. The van der Waals surface area contributed by atoms with E-state index < -0.39 is 22.8 Å². The Morgan fingerprint density at radius 2 is 1.10 bits per heavy atom. The Labute approximate surface area is 244 Å². The Balaban J connectivity index is 1.85. The molecule has 2 rings (SSSR count). The predicted octanol–water partition coefficient (Wildman–Crippen LogP) is 0.176. The molecule has 1 aliphatic heterocycles. The minimum atomic E-state index is -1.01. The number of unbranched alkanes of at least 4 members (excludes halogenated alkanes) is 4. The number of carboxylic acids is 3. The van der Waals surface area contributed by atoms with E-state index in [4.69, 9.17) is 0 Å². The fourth-order valence-electron chi connectivity index (χ4n) is 4.90. The van der Waals surface area contributed by atoms with Crippen molar-refractivity contribution in [3.63, 3.8) is 0 Å². The van der Waals surface area contributed by atoms with E-state index in [0.29, 0.717) is 71.7 Å². The molecule has 236 valence electrons. The summed E-state index contributed by atoms with van der Waals surface area (Å²) in [6.07, 6.45) is 7.50. The van der Waals surface area contributed by atoms with Crippen LogP contribution in [0.15, 0.2) is 12.4 Å². The van der Waals surface area contributed by atoms with Gasteiger partial charge < -0.3 is 25.4 Å². The third kappa shape index (κ3) is 14.4. The highest BCUT2D eigenvalue weighted by molar-refractivity contribution is 5.80. The van der Waals surface area contributed by atoms with Gasteiger partial charge in [-0.15, -0.1) is 0 Å². The van der Waals surface area contributed by atoms with Crippen molar-refractivity contribution in [3.05, 3.63) is 22.5 Å². The first-order valence-corrected chi connectivity index (χ1v) is 14.3. The van der Waals surface area contributed by atoms with Crippen LogP contribution in [0, 0.1) is 10.1 Å². The van der Waals surface area contributed by atoms with Crippen LogP contribution in [0.3, 0.4) is 0 Å². The van der Waals surface area contributed by atoms with Gasteiger partial charge in [-0.25, -0.2) is 4.57 Å². The molecule has 1 aromatic rings.